The van der Waals surface area contributed by atoms with Crippen LogP contribution in [0.5, 0.6) is 5.75 Å². The predicted molar refractivity (Wildman–Crippen MR) is 144 cm³/mol. The Hall–Kier alpha value is -3.49. The number of fused-ring (bicyclic) bond motifs is 2. The third-order valence-electron chi connectivity index (χ3n) is 6.80. The van der Waals surface area contributed by atoms with Crippen LogP contribution in [0.2, 0.25) is 0 Å². The van der Waals surface area contributed by atoms with Gasteiger partial charge in [-0.25, -0.2) is 10.1 Å². The second kappa shape index (κ2) is 9.36. The topological polar surface area (TPSA) is 177 Å². The van der Waals surface area contributed by atoms with E-state index in [9.17, 15) is 26.7 Å². The fraction of sp³-hybridized carbons (Fsp3) is 0.375. The molecule has 2 aromatic heterocycles. The molecule has 4 N–H and O–H groups in total. The number of nitrogens with zero attached hydrogens (tertiary/aromatic N) is 4. The molecule has 12 nitrogen and oxygen atoms in total. The zero-order valence-electron chi connectivity index (χ0n) is 20.8. The van der Waals surface area contributed by atoms with E-state index in [0.717, 1.165) is 10.7 Å². The zero-order chi connectivity index (χ0) is 27.4. The number of sulfonamides is 1. The summed E-state index contributed by atoms with van der Waals surface area (Å²) in [4.78, 5) is 17.6. The Morgan fingerprint density at radius 3 is 2.63 bits per heavy atom. The third kappa shape index (κ3) is 4.52. The van der Waals surface area contributed by atoms with Crippen molar-refractivity contribution in [3.8, 4) is 5.75 Å². The quantitative estimate of drug-likeness (QED) is 0.394. The molecule has 3 aromatic rings. The van der Waals surface area contributed by atoms with Crippen LogP contribution < -0.4 is 20.3 Å². The summed E-state index contributed by atoms with van der Waals surface area (Å²) in [7, 11) is -8.54. The Kier molecular flexibility index (Phi) is 6.44. The largest absolute Gasteiger partial charge is 0.506 e. The summed E-state index contributed by atoms with van der Waals surface area (Å²) in [6, 6.07) is 6.88. The van der Waals surface area contributed by atoms with Crippen molar-refractivity contribution < 1.29 is 21.9 Å². The highest BCUT2D eigenvalue weighted by Gasteiger charge is 2.35. The molecule has 1 aliphatic carbocycles. The van der Waals surface area contributed by atoms with Crippen LogP contribution in [0.1, 0.15) is 45.1 Å². The minimum Gasteiger partial charge on any atom is -0.506 e. The maximum absolute atomic E-state index is 13.6. The summed E-state index contributed by atoms with van der Waals surface area (Å²) < 4.78 is 57.4. The minimum atomic E-state index is -4.39. The van der Waals surface area contributed by atoms with E-state index in [2.05, 4.69) is 14.7 Å². The molecule has 38 heavy (non-hydrogen) atoms. The monoisotopic (exact) mass is 560 g/mol. The molecular formula is C24H28N6O6S2. The van der Waals surface area contributed by atoms with Crippen LogP contribution in [0.4, 0.5) is 11.4 Å². The van der Waals surface area contributed by atoms with Gasteiger partial charge in [-0.05, 0) is 61.9 Å². The van der Waals surface area contributed by atoms with Crippen LogP contribution in [-0.2, 0) is 26.8 Å². The highest BCUT2D eigenvalue weighted by atomic mass is 32.2. The number of nitrogens with two attached hydrogens (primary N) is 1. The number of aromatic nitrogens is 2. The van der Waals surface area contributed by atoms with Crippen LogP contribution in [0, 0.1) is 5.92 Å². The van der Waals surface area contributed by atoms with Gasteiger partial charge in [-0.2, -0.15) is 16.8 Å². The number of aromatic hydroxyl groups is 1. The number of benzene rings is 1. The highest BCUT2D eigenvalue weighted by molar-refractivity contribution is 7.91. The van der Waals surface area contributed by atoms with Crippen molar-refractivity contribution >= 4 is 48.5 Å². The van der Waals surface area contributed by atoms with Crippen molar-refractivity contribution in [1.82, 2.24) is 9.55 Å². The van der Waals surface area contributed by atoms with Crippen molar-refractivity contribution in [3.05, 3.63) is 52.4 Å². The molecule has 1 aliphatic heterocycles. The first-order valence-electron chi connectivity index (χ1n) is 12.2. The van der Waals surface area contributed by atoms with E-state index in [0.29, 0.717) is 25.8 Å². The standard InChI is InChI=1S/C24H28N6O6S2/c1-14(2)10-12-29-23-17(7-4-11-26-23)21(31)20(24(29)32)22-27-18-9-8-16(13-19(18)37(33,34)28-22)30(38(25,35)36)15-5-3-6-15/h4,7-9,11,13-15,31H,3,5-6,10,12H2,1-2H3,(H,27,28)(H2,25,35,36). The van der Waals surface area contributed by atoms with E-state index in [-0.39, 0.29) is 50.7 Å². The molecule has 14 heteroatoms. The number of nitrogens with one attached hydrogen (secondary N) is 1. The van der Waals surface area contributed by atoms with Crippen molar-refractivity contribution in [2.45, 2.75) is 57.0 Å². The summed E-state index contributed by atoms with van der Waals surface area (Å²) in [5, 5.41) is 19.6. The summed E-state index contributed by atoms with van der Waals surface area (Å²) in [6.45, 7) is 4.32. The van der Waals surface area contributed by atoms with Crippen LogP contribution in [0.15, 0.2) is 50.6 Å². The number of rotatable bonds is 7. The van der Waals surface area contributed by atoms with E-state index in [1.54, 1.807) is 12.1 Å². The number of hydrogen-bond donors (Lipinski definition) is 3. The van der Waals surface area contributed by atoms with E-state index in [4.69, 9.17) is 5.14 Å². The van der Waals surface area contributed by atoms with Gasteiger partial charge >= 0.3 is 0 Å². The summed E-state index contributed by atoms with van der Waals surface area (Å²) in [5.74, 6) is -0.494. The lowest BCUT2D eigenvalue weighted by Gasteiger charge is -2.37. The smallest absolute Gasteiger partial charge is 0.299 e. The molecule has 1 fully saturated rings. The number of amidine groups is 1. The van der Waals surface area contributed by atoms with E-state index >= 15 is 0 Å². The molecule has 1 aromatic carbocycles. The number of anilines is 2. The SMILES string of the molecule is CC(C)CCn1c(=O)c(C2=NS(=O)(=O)c3cc(N(C4CCC4)S(N)(=O)=O)ccc3N2)c(O)c2cccnc21. The Balaban J connectivity index is 1.63. The molecule has 202 valence electrons. The van der Waals surface area contributed by atoms with Crippen LogP contribution in [-0.4, -0.2) is 43.4 Å². The van der Waals surface area contributed by atoms with Crippen molar-refractivity contribution in [2.75, 3.05) is 9.62 Å². The van der Waals surface area contributed by atoms with Crippen LogP contribution in [0.25, 0.3) is 11.0 Å². The Bertz CT molecular complexity index is 1740. The predicted octanol–water partition coefficient (Wildman–Crippen LogP) is 2.27. The molecule has 3 heterocycles. The fourth-order valence-electron chi connectivity index (χ4n) is 4.65. The van der Waals surface area contributed by atoms with Crippen LogP contribution >= 0.6 is 0 Å². The first kappa shape index (κ1) is 26.1. The fourth-order valence-corrected chi connectivity index (χ4v) is 6.83. The second-order valence-electron chi connectivity index (χ2n) is 9.88. The molecule has 1 saturated carbocycles. The van der Waals surface area contributed by atoms with Gasteiger partial charge in [0.2, 0.25) is 0 Å². The van der Waals surface area contributed by atoms with Gasteiger partial charge in [0.05, 0.1) is 16.8 Å². The van der Waals surface area contributed by atoms with Crippen molar-refractivity contribution in [2.24, 2.45) is 15.5 Å². The van der Waals surface area contributed by atoms with Gasteiger partial charge in [-0.3, -0.25) is 13.7 Å². The zero-order valence-corrected chi connectivity index (χ0v) is 22.5. The average molecular weight is 561 g/mol. The van der Waals surface area contributed by atoms with Gasteiger partial charge < -0.3 is 10.4 Å². The maximum Gasteiger partial charge on any atom is 0.299 e. The highest BCUT2D eigenvalue weighted by Crippen LogP contribution is 2.37. The average Bonchev–Trinajstić information content (AvgIpc) is 2.80. The van der Waals surface area contributed by atoms with Gasteiger partial charge in [0.15, 0.2) is 5.84 Å². The van der Waals surface area contributed by atoms with E-state index in [1.807, 2.05) is 13.8 Å². The molecule has 0 radical (unpaired) electrons. The lowest BCUT2D eigenvalue weighted by molar-refractivity contribution is 0.415. The Morgan fingerprint density at radius 1 is 1.26 bits per heavy atom. The first-order chi connectivity index (χ1) is 17.9. The maximum atomic E-state index is 13.6. The normalized spacial score (nSPS) is 17.0. The van der Waals surface area contributed by atoms with E-state index in [1.165, 1.54) is 29.0 Å². The van der Waals surface area contributed by atoms with Gasteiger partial charge in [0.1, 0.15) is 21.9 Å². The molecular weight excluding hydrogens is 532 g/mol. The van der Waals surface area contributed by atoms with Crippen molar-refractivity contribution in [1.29, 1.82) is 0 Å². The number of hydrogen-bond acceptors (Lipinski definition) is 8. The lowest BCUT2D eigenvalue weighted by Crippen LogP contribution is -2.47. The second-order valence-corrected chi connectivity index (χ2v) is 12.9. The van der Waals surface area contributed by atoms with E-state index < -0.39 is 31.5 Å². The molecule has 0 amide bonds. The van der Waals surface area contributed by atoms with Gasteiger partial charge in [-0.1, -0.05) is 13.8 Å². The van der Waals surface area contributed by atoms with Gasteiger partial charge in [-0.15, -0.1) is 4.40 Å². The molecule has 0 spiro atoms. The Morgan fingerprint density at radius 2 is 2.00 bits per heavy atom. The van der Waals surface area contributed by atoms with Gasteiger partial charge in [0, 0.05) is 18.8 Å². The molecule has 0 bridgehead atoms. The lowest BCUT2D eigenvalue weighted by atomic mass is 9.93. The number of aryl methyl sites for hydroxylation is 1. The van der Waals surface area contributed by atoms with Crippen molar-refractivity contribution in [3.63, 3.8) is 0 Å². The Labute approximate surface area is 220 Å². The van der Waals surface area contributed by atoms with Crippen LogP contribution in [0.3, 0.4) is 0 Å². The van der Waals surface area contributed by atoms with Gasteiger partial charge in [0.25, 0.3) is 25.8 Å². The number of pyridine rings is 2. The summed E-state index contributed by atoms with van der Waals surface area (Å²) in [6.07, 6.45) is 4.23. The molecule has 0 saturated heterocycles. The molecule has 5 rings (SSSR count). The minimum absolute atomic E-state index is 0.0838. The molecule has 2 aliphatic rings. The summed E-state index contributed by atoms with van der Waals surface area (Å²) >= 11 is 0. The molecule has 0 atom stereocenters. The third-order valence-corrected chi connectivity index (χ3v) is 9.18. The molecule has 0 unspecified atom stereocenters. The first-order valence-corrected chi connectivity index (χ1v) is 15.1. The summed E-state index contributed by atoms with van der Waals surface area (Å²) in [5.41, 5.74) is -0.464.